The van der Waals surface area contributed by atoms with Crippen LogP contribution in [0.4, 0.5) is 0 Å². The lowest BCUT2D eigenvalue weighted by atomic mass is 10.1. The Morgan fingerprint density at radius 1 is 0.536 bits per heavy atom. The summed E-state index contributed by atoms with van der Waals surface area (Å²) in [5, 5.41) is 0. The minimum absolute atomic E-state index is 0.0958. The van der Waals surface area contributed by atoms with Crippen molar-refractivity contribution in [3.63, 3.8) is 0 Å². The van der Waals surface area contributed by atoms with Gasteiger partial charge in [-0.1, -0.05) is 0 Å². The van der Waals surface area contributed by atoms with Gasteiger partial charge in [-0.15, -0.1) is 0 Å². The molecule has 0 rings (SSSR count). The first-order chi connectivity index (χ1) is 13.4. The van der Waals surface area contributed by atoms with Crippen molar-refractivity contribution >= 4 is 11.9 Å². The molecule has 0 aromatic heterocycles. The number of hydrogen-bond acceptors (Lipinski definition) is 10. The molecule has 0 radical (unpaired) electrons. The van der Waals surface area contributed by atoms with Crippen molar-refractivity contribution in [2.45, 2.75) is 63.3 Å². The first-order valence-corrected chi connectivity index (χ1v) is 9.07. The molecule has 166 valence electrons. The Labute approximate surface area is 166 Å². The van der Waals surface area contributed by atoms with Crippen LogP contribution in [0, 0.1) is 0 Å². The lowest BCUT2D eigenvalue weighted by Crippen LogP contribution is -2.35. The van der Waals surface area contributed by atoms with Crippen LogP contribution in [0.3, 0.4) is 0 Å². The smallest absolute Gasteiger partial charge is 0.331 e. The van der Waals surface area contributed by atoms with Crippen molar-refractivity contribution < 1.29 is 47.8 Å². The van der Waals surface area contributed by atoms with Crippen LogP contribution >= 0.6 is 0 Å². The summed E-state index contributed by atoms with van der Waals surface area (Å²) in [5.74, 6) is -3.49. The van der Waals surface area contributed by atoms with Gasteiger partial charge >= 0.3 is 11.9 Å². The molecule has 0 saturated heterocycles. The van der Waals surface area contributed by atoms with Gasteiger partial charge in [0.2, 0.25) is 0 Å². The number of methoxy groups -OCH3 is 6. The monoisotopic (exact) mass is 410 g/mol. The zero-order chi connectivity index (χ0) is 21.5. The first-order valence-electron chi connectivity index (χ1n) is 9.07. The fourth-order valence-corrected chi connectivity index (χ4v) is 2.51. The molecule has 0 N–H and O–H groups in total. The largest absolute Gasteiger partial charge is 0.355 e. The summed E-state index contributed by atoms with van der Waals surface area (Å²) in [4.78, 5) is 32.3. The van der Waals surface area contributed by atoms with Crippen LogP contribution < -0.4 is 0 Å². The second kappa shape index (κ2) is 14.7. The van der Waals surface area contributed by atoms with Crippen LogP contribution in [0.5, 0.6) is 0 Å². The lowest BCUT2D eigenvalue weighted by Gasteiger charge is -2.28. The molecule has 0 aromatic carbocycles. The second-order valence-electron chi connectivity index (χ2n) is 5.92. The van der Waals surface area contributed by atoms with Crippen LogP contribution in [0.15, 0.2) is 0 Å². The molecular formula is C18H34O10. The highest BCUT2D eigenvalue weighted by atomic mass is 17.2. The Kier molecular flexibility index (Phi) is 14.0. The Bertz CT molecular complexity index is 376. The van der Waals surface area contributed by atoms with Crippen LogP contribution in [0.1, 0.15) is 51.4 Å². The van der Waals surface area contributed by atoms with E-state index in [9.17, 15) is 9.59 Å². The zero-order valence-electron chi connectivity index (χ0n) is 17.7. The van der Waals surface area contributed by atoms with E-state index in [1.54, 1.807) is 0 Å². The van der Waals surface area contributed by atoms with Gasteiger partial charge in [0.05, 0.1) is 12.8 Å². The summed E-state index contributed by atoms with van der Waals surface area (Å²) in [5.41, 5.74) is 0. The van der Waals surface area contributed by atoms with E-state index in [1.807, 2.05) is 0 Å². The zero-order valence-corrected chi connectivity index (χ0v) is 17.7. The second-order valence-corrected chi connectivity index (χ2v) is 5.92. The summed E-state index contributed by atoms with van der Waals surface area (Å²) >= 11 is 0. The van der Waals surface area contributed by atoms with Gasteiger partial charge in [-0.25, -0.2) is 19.4 Å². The lowest BCUT2D eigenvalue weighted by molar-refractivity contribution is -0.355. The van der Waals surface area contributed by atoms with E-state index in [0.717, 1.165) is 0 Å². The predicted octanol–water partition coefficient (Wildman–Crippen LogP) is 2.29. The average Bonchev–Trinajstić information content (AvgIpc) is 2.73. The average molecular weight is 410 g/mol. The standard InChI is InChI=1S/C18H34O10/c1-21-17(22-2,23-3)13-9-7-11-15(19)27-28-16(20)12-8-10-14-18(24-4,25-5)26-6/h7-14H2,1-6H3. The molecule has 10 heteroatoms. The van der Waals surface area contributed by atoms with Crippen LogP contribution in [0.25, 0.3) is 0 Å². The molecule has 28 heavy (non-hydrogen) atoms. The predicted molar refractivity (Wildman–Crippen MR) is 96.6 cm³/mol. The van der Waals surface area contributed by atoms with Gasteiger partial charge in [0.25, 0.3) is 11.9 Å². The van der Waals surface area contributed by atoms with E-state index >= 15 is 0 Å². The minimum atomic E-state index is -1.12. The number of carbonyl (C=O) groups excluding carboxylic acids is 2. The van der Waals surface area contributed by atoms with Gasteiger partial charge in [-0.2, -0.15) is 0 Å². The van der Waals surface area contributed by atoms with E-state index in [0.29, 0.717) is 38.5 Å². The van der Waals surface area contributed by atoms with E-state index in [-0.39, 0.29) is 12.8 Å². The van der Waals surface area contributed by atoms with Crippen molar-refractivity contribution in [1.82, 2.24) is 0 Å². The summed E-state index contributed by atoms with van der Waals surface area (Å²) in [6.45, 7) is 0. The highest BCUT2D eigenvalue weighted by molar-refractivity contribution is 5.72. The summed E-state index contributed by atoms with van der Waals surface area (Å²) in [6.07, 6.45) is 3.27. The maximum absolute atomic E-state index is 11.6. The molecular weight excluding hydrogens is 376 g/mol. The third-order valence-corrected chi connectivity index (χ3v) is 4.32. The molecule has 0 saturated carbocycles. The molecule has 0 bridgehead atoms. The SMILES string of the molecule is COC(CCCCC(=O)OOC(=O)CCCCC(OC)(OC)OC)(OC)OC. The van der Waals surface area contributed by atoms with Gasteiger partial charge in [-0.3, -0.25) is 0 Å². The molecule has 0 heterocycles. The normalized spacial score (nSPS) is 12.1. The molecule has 0 aliphatic carbocycles. The van der Waals surface area contributed by atoms with E-state index in [1.165, 1.54) is 42.7 Å². The first kappa shape index (κ1) is 26.7. The Hall–Kier alpha value is -1.30. The molecule has 0 unspecified atom stereocenters. The Morgan fingerprint density at radius 2 is 0.821 bits per heavy atom. The number of carbonyl (C=O) groups is 2. The van der Waals surface area contributed by atoms with Crippen LogP contribution in [0.2, 0.25) is 0 Å². The van der Waals surface area contributed by atoms with Crippen molar-refractivity contribution in [2.24, 2.45) is 0 Å². The topological polar surface area (TPSA) is 108 Å². The Balaban J connectivity index is 3.91. The third-order valence-electron chi connectivity index (χ3n) is 4.32. The summed E-state index contributed by atoms with van der Waals surface area (Å²) in [6, 6.07) is 0. The van der Waals surface area contributed by atoms with Crippen LogP contribution in [-0.2, 0) is 47.8 Å². The van der Waals surface area contributed by atoms with Gasteiger partial charge in [-0.05, 0) is 25.7 Å². The van der Waals surface area contributed by atoms with Gasteiger partial charge in [0.15, 0.2) is 0 Å². The highest BCUT2D eigenvalue weighted by Gasteiger charge is 2.29. The fourth-order valence-electron chi connectivity index (χ4n) is 2.51. The van der Waals surface area contributed by atoms with Crippen molar-refractivity contribution in [3.05, 3.63) is 0 Å². The maximum Gasteiger partial charge on any atom is 0.355 e. The summed E-state index contributed by atoms with van der Waals surface area (Å²) in [7, 11) is 8.84. The molecule has 10 nitrogen and oxygen atoms in total. The summed E-state index contributed by atoms with van der Waals surface area (Å²) < 4.78 is 30.9. The molecule has 0 fully saturated rings. The van der Waals surface area contributed by atoms with Crippen LogP contribution in [-0.4, -0.2) is 66.5 Å². The van der Waals surface area contributed by atoms with Crippen molar-refractivity contribution in [2.75, 3.05) is 42.7 Å². The van der Waals surface area contributed by atoms with E-state index in [2.05, 4.69) is 9.78 Å². The third kappa shape index (κ3) is 9.76. The van der Waals surface area contributed by atoms with Gasteiger partial charge in [0.1, 0.15) is 0 Å². The molecule has 0 aliphatic rings. The molecule has 0 spiro atoms. The number of hydrogen-bond donors (Lipinski definition) is 0. The van der Waals surface area contributed by atoms with E-state index < -0.39 is 23.9 Å². The molecule has 0 atom stereocenters. The highest BCUT2D eigenvalue weighted by Crippen LogP contribution is 2.21. The minimum Gasteiger partial charge on any atom is -0.331 e. The molecule has 0 aliphatic heterocycles. The van der Waals surface area contributed by atoms with Crippen molar-refractivity contribution in [1.29, 1.82) is 0 Å². The van der Waals surface area contributed by atoms with Gasteiger partial charge < -0.3 is 28.4 Å². The fraction of sp³-hybridized carbons (Fsp3) is 0.889. The number of rotatable bonds is 16. The molecule has 0 aromatic rings. The van der Waals surface area contributed by atoms with Crippen molar-refractivity contribution in [3.8, 4) is 0 Å². The van der Waals surface area contributed by atoms with E-state index in [4.69, 9.17) is 28.4 Å². The van der Waals surface area contributed by atoms with Gasteiger partial charge in [0, 0.05) is 55.5 Å². The Morgan fingerprint density at radius 3 is 1.07 bits per heavy atom. The number of unbranched alkanes of at least 4 members (excludes halogenated alkanes) is 2. The molecule has 0 amide bonds. The number of ether oxygens (including phenoxy) is 6. The maximum atomic E-state index is 11.6. The quantitative estimate of drug-likeness (QED) is 0.163.